The van der Waals surface area contributed by atoms with Gasteiger partial charge >= 0.3 is 6.03 Å². The molecule has 12 heteroatoms. The van der Waals surface area contributed by atoms with Gasteiger partial charge in [-0.1, -0.05) is 29.3 Å². The van der Waals surface area contributed by atoms with E-state index in [0.717, 1.165) is 4.90 Å². The van der Waals surface area contributed by atoms with Gasteiger partial charge in [-0.25, -0.2) is 9.69 Å². The molecule has 40 heavy (non-hydrogen) atoms. The van der Waals surface area contributed by atoms with Crippen molar-refractivity contribution in [3.8, 4) is 17.2 Å². The number of carbonyl (C=O) groups excluding carboxylic acids is 4. The Morgan fingerprint density at radius 3 is 2.38 bits per heavy atom. The fraction of sp³-hybridized carbons (Fsp3) is 0.143. The predicted octanol–water partition coefficient (Wildman–Crippen LogP) is 5.08. The zero-order valence-corrected chi connectivity index (χ0v) is 22.8. The second-order valence-electron chi connectivity index (χ2n) is 8.26. The Morgan fingerprint density at radius 1 is 0.950 bits per heavy atom. The fourth-order valence-electron chi connectivity index (χ4n) is 3.70. The van der Waals surface area contributed by atoms with Gasteiger partial charge in [-0.2, -0.15) is 0 Å². The van der Waals surface area contributed by atoms with Crippen LogP contribution in [0.4, 0.5) is 16.2 Å². The van der Waals surface area contributed by atoms with Crippen molar-refractivity contribution >= 4 is 64.4 Å². The van der Waals surface area contributed by atoms with Gasteiger partial charge in [-0.3, -0.25) is 19.7 Å². The van der Waals surface area contributed by atoms with E-state index >= 15 is 0 Å². The summed E-state index contributed by atoms with van der Waals surface area (Å²) in [6.07, 6.45) is 1.32. The van der Waals surface area contributed by atoms with Crippen molar-refractivity contribution in [3.63, 3.8) is 0 Å². The number of anilines is 2. The van der Waals surface area contributed by atoms with Crippen LogP contribution in [-0.4, -0.2) is 44.1 Å². The first-order valence-corrected chi connectivity index (χ1v) is 12.7. The molecule has 0 saturated carbocycles. The lowest BCUT2D eigenvalue weighted by molar-refractivity contribution is -0.122. The molecule has 3 aromatic rings. The SMILES string of the molecule is CCOc1cc(/C=C2/C(=O)NC(=O)N(c3ccc(Cl)c(Cl)c3)C2=O)ccc1OCC(=O)Nc1ccc(OC)cc1. The van der Waals surface area contributed by atoms with E-state index < -0.39 is 23.8 Å². The molecule has 10 nitrogen and oxygen atoms in total. The highest BCUT2D eigenvalue weighted by Gasteiger charge is 2.37. The van der Waals surface area contributed by atoms with E-state index in [1.165, 1.54) is 24.3 Å². The van der Waals surface area contributed by atoms with E-state index in [4.69, 9.17) is 37.4 Å². The Kier molecular flexibility index (Phi) is 8.93. The summed E-state index contributed by atoms with van der Waals surface area (Å²) in [7, 11) is 1.55. The van der Waals surface area contributed by atoms with Crippen molar-refractivity contribution in [2.75, 3.05) is 30.5 Å². The van der Waals surface area contributed by atoms with E-state index in [1.54, 1.807) is 56.5 Å². The standard InChI is InChI=1S/C28H23Cl2N3O7/c1-3-39-24-13-16(4-11-23(24)40-15-25(34)31-17-5-8-19(38-2)9-6-17)12-20-26(35)32-28(37)33(27(20)36)18-7-10-21(29)22(30)14-18/h4-14H,3,15H2,1-2H3,(H,31,34)(H,32,35,37)/b20-12-. The number of amides is 5. The van der Waals surface area contributed by atoms with Gasteiger partial charge in [0.15, 0.2) is 18.1 Å². The van der Waals surface area contributed by atoms with Gasteiger partial charge < -0.3 is 19.5 Å². The summed E-state index contributed by atoms with van der Waals surface area (Å²) in [5, 5.41) is 5.24. The largest absolute Gasteiger partial charge is 0.497 e. The number of halogens is 2. The summed E-state index contributed by atoms with van der Waals surface area (Å²) in [6.45, 7) is 1.76. The molecule has 0 radical (unpaired) electrons. The molecule has 0 aliphatic carbocycles. The maximum atomic E-state index is 13.2. The number of barbiturate groups is 1. The molecule has 0 spiro atoms. The zero-order chi connectivity index (χ0) is 28.8. The number of nitrogens with zero attached hydrogens (tertiary/aromatic N) is 1. The van der Waals surface area contributed by atoms with Crippen LogP contribution >= 0.6 is 23.2 Å². The predicted molar refractivity (Wildman–Crippen MR) is 150 cm³/mol. The minimum absolute atomic E-state index is 0.136. The Morgan fingerprint density at radius 2 is 1.70 bits per heavy atom. The average molecular weight is 584 g/mol. The fourth-order valence-corrected chi connectivity index (χ4v) is 3.99. The zero-order valence-electron chi connectivity index (χ0n) is 21.3. The monoisotopic (exact) mass is 583 g/mol. The molecule has 5 amide bonds. The maximum Gasteiger partial charge on any atom is 0.335 e. The lowest BCUT2D eigenvalue weighted by atomic mass is 10.1. The Hall–Kier alpha value is -4.54. The number of hydrogen-bond donors (Lipinski definition) is 2. The maximum absolute atomic E-state index is 13.2. The highest BCUT2D eigenvalue weighted by molar-refractivity contribution is 6.43. The lowest BCUT2D eigenvalue weighted by Gasteiger charge is -2.26. The van der Waals surface area contributed by atoms with Crippen molar-refractivity contribution in [1.29, 1.82) is 0 Å². The van der Waals surface area contributed by atoms with Crippen LogP contribution in [0.1, 0.15) is 12.5 Å². The minimum atomic E-state index is -0.919. The molecular formula is C28H23Cl2N3O7. The Balaban J connectivity index is 1.52. The van der Waals surface area contributed by atoms with Gasteiger partial charge in [0, 0.05) is 5.69 Å². The summed E-state index contributed by atoms with van der Waals surface area (Å²) in [6, 6.07) is 14.8. The first-order chi connectivity index (χ1) is 19.2. The molecule has 0 atom stereocenters. The summed E-state index contributed by atoms with van der Waals surface area (Å²) >= 11 is 12.0. The molecule has 1 fully saturated rings. The molecule has 1 aliphatic rings. The topological polar surface area (TPSA) is 123 Å². The first kappa shape index (κ1) is 28.5. The van der Waals surface area contributed by atoms with Gasteiger partial charge in [0.1, 0.15) is 11.3 Å². The molecule has 1 heterocycles. The molecule has 4 rings (SSSR count). The number of urea groups is 1. The normalized spacial score (nSPS) is 14.2. The summed E-state index contributed by atoms with van der Waals surface area (Å²) < 4.78 is 16.4. The van der Waals surface area contributed by atoms with Crippen LogP contribution in [-0.2, 0) is 14.4 Å². The highest BCUT2D eigenvalue weighted by atomic mass is 35.5. The van der Waals surface area contributed by atoms with Gasteiger partial charge in [0.05, 0.1) is 29.4 Å². The number of hydrogen-bond acceptors (Lipinski definition) is 7. The third kappa shape index (κ3) is 6.53. The van der Waals surface area contributed by atoms with E-state index in [9.17, 15) is 19.2 Å². The van der Waals surface area contributed by atoms with Gasteiger partial charge in [-0.15, -0.1) is 0 Å². The van der Waals surface area contributed by atoms with Gasteiger partial charge in [0.2, 0.25) is 0 Å². The van der Waals surface area contributed by atoms with E-state index in [-0.39, 0.29) is 46.0 Å². The molecule has 0 aromatic heterocycles. The van der Waals surface area contributed by atoms with Crippen LogP contribution in [0.5, 0.6) is 17.2 Å². The first-order valence-electron chi connectivity index (χ1n) is 11.9. The van der Waals surface area contributed by atoms with Crippen LogP contribution < -0.4 is 29.7 Å². The van der Waals surface area contributed by atoms with Gasteiger partial charge in [-0.05, 0) is 73.2 Å². The second-order valence-corrected chi connectivity index (χ2v) is 9.08. The minimum Gasteiger partial charge on any atom is -0.497 e. The quantitative estimate of drug-likeness (QED) is 0.266. The van der Waals surface area contributed by atoms with Crippen molar-refractivity contribution in [1.82, 2.24) is 5.32 Å². The molecule has 0 unspecified atom stereocenters. The number of imide groups is 2. The smallest absolute Gasteiger partial charge is 0.335 e. The molecule has 3 aromatic carbocycles. The number of rotatable bonds is 9. The van der Waals surface area contributed by atoms with Crippen LogP contribution in [0.3, 0.4) is 0 Å². The van der Waals surface area contributed by atoms with Crippen LogP contribution in [0.2, 0.25) is 10.0 Å². The van der Waals surface area contributed by atoms with Crippen molar-refractivity contribution in [3.05, 3.63) is 81.8 Å². The number of methoxy groups -OCH3 is 1. The van der Waals surface area contributed by atoms with Crippen LogP contribution in [0.25, 0.3) is 6.08 Å². The Bertz CT molecular complexity index is 1510. The van der Waals surface area contributed by atoms with Crippen LogP contribution in [0.15, 0.2) is 66.2 Å². The number of ether oxygens (including phenoxy) is 3. The summed E-state index contributed by atoms with van der Waals surface area (Å²) in [5.74, 6) is -0.876. The van der Waals surface area contributed by atoms with E-state index in [2.05, 4.69) is 10.6 Å². The number of benzene rings is 3. The van der Waals surface area contributed by atoms with E-state index in [1.807, 2.05) is 0 Å². The average Bonchev–Trinajstić information content (AvgIpc) is 2.93. The third-order valence-electron chi connectivity index (χ3n) is 5.57. The Labute approximate surface area is 239 Å². The molecule has 206 valence electrons. The summed E-state index contributed by atoms with van der Waals surface area (Å²) in [4.78, 5) is 51.4. The molecule has 0 bridgehead atoms. The second kappa shape index (κ2) is 12.5. The highest BCUT2D eigenvalue weighted by Crippen LogP contribution is 2.32. The molecule has 2 N–H and O–H groups in total. The van der Waals surface area contributed by atoms with E-state index in [0.29, 0.717) is 17.0 Å². The van der Waals surface area contributed by atoms with Crippen LogP contribution in [0, 0.1) is 0 Å². The van der Waals surface area contributed by atoms with Crippen molar-refractivity contribution in [2.24, 2.45) is 0 Å². The number of nitrogens with one attached hydrogen (secondary N) is 2. The lowest BCUT2D eigenvalue weighted by Crippen LogP contribution is -2.54. The molecular weight excluding hydrogens is 561 g/mol. The van der Waals surface area contributed by atoms with Crippen molar-refractivity contribution < 1.29 is 33.4 Å². The van der Waals surface area contributed by atoms with Gasteiger partial charge in [0.25, 0.3) is 17.7 Å². The molecule has 1 aliphatic heterocycles. The number of carbonyl (C=O) groups is 4. The third-order valence-corrected chi connectivity index (χ3v) is 6.31. The molecule has 1 saturated heterocycles. The van der Waals surface area contributed by atoms with Crippen molar-refractivity contribution in [2.45, 2.75) is 6.92 Å². The summed E-state index contributed by atoms with van der Waals surface area (Å²) in [5.41, 5.74) is 0.841.